The summed E-state index contributed by atoms with van der Waals surface area (Å²) in [6.07, 6.45) is 4.92. The second kappa shape index (κ2) is 5.68. The fourth-order valence-corrected chi connectivity index (χ4v) is 2.04. The van der Waals surface area contributed by atoms with E-state index in [0.717, 1.165) is 38.5 Å². The van der Waals surface area contributed by atoms with Crippen molar-refractivity contribution in [3.05, 3.63) is 30.2 Å². The van der Waals surface area contributed by atoms with E-state index in [9.17, 15) is 4.79 Å². The van der Waals surface area contributed by atoms with Gasteiger partial charge in [-0.15, -0.1) is 0 Å². The Morgan fingerprint density at radius 3 is 2.88 bits per heavy atom. The number of rotatable bonds is 3. The van der Waals surface area contributed by atoms with Crippen molar-refractivity contribution in [3.63, 3.8) is 0 Å². The predicted molar refractivity (Wildman–Crippen MR) is 65.6 cm³/mol. The number of piperazine rings is 1. The lowest BCUT2D eigenvalue weighted by molar-refractivity contribution is -0.902. The molecule has 1 saturated heterocycles. The summed E-state index contributed by atoms with van der Waals surface area (Å²) in [6.45, 7) is 7.14. The third kappa shape index (κ3) is 3.20. The number of hydrogen-bond acceptors (Lipinski definition) is 2. The second-order valence-electron chi connectivity index (χ2n) is 4.28. The molecule has 17 heavy (non-hydrogen) atoms. The third-order valence-electron chi connectivity index (χ3n) is 3.22. The molecule has 1 amide bonds. The van der Waals surface area contributed by atoms with E-state index in [1.165, 1.54) is 0 Å². The average Bonchev–Trinajstić information content (AvgIpc) is 2.89. The van der Waals surface area contributed by atoms with Crippen molar-refractivity contribution in [2.45, 2.75) is 6.92 Å². The van der Waals surface area contributed by atoms with Crippen molar-refractivity contribution in [1.82, 2.24) is 4.90 Å². The maximum Gasteiger partial charge on any atom is 0.247 e. The fourth-order valence-electron chi connectivity index (χ4n) is 2.04. The van der Waals surface area contributed by atoms with Gasteiger partial charge in [0.05, 0.1) is 39.0 Å². The van der Waals surface area contributed by atoms with E-state index in [1.807, 2.05) is 17.0 Å². The van der Waals surface area contributed by atoms with Crippen LogP contribution in [-0.2, 0) is 4.79 Å². The molecule has 0 spiro atoms. The Morgan fingerprint density at radius 1 is 1.53 bits per heavy atom. The number of nitrogens with zero attached hydrogens (tertiary/aromatic N) is 1. The standard InChI is InChI=1S/C13H18N2O2/c1-2-14-7-9-15(10-8-14)13(16)6-5-12-4-3-11-17-12/h3-6,11H,2,7-10H2,1H3/p+1/b6-5+. The Kier molecular flexibility index (Phi) is 3.98. The van der Waals surface area contributed by atoms with Gasteiger partial charge in [-0.25, -0.2) is 0 Å². The zero-order valence-corrected chi connectivity index (χ0v) is 10.2. The van der Waals surface area contributed by atoms with Gasteiger partial charge in [-0.05, 0) is 25.1 Å². The summed E-state index contributed by atoms with van der Waals surface area (Å²) >= 11 is 0. The second-order valence-corrected chi connectivity index (χ2v) is 4.28. The van der Waals surface area contributed by atoms with E-state index in [2.05, 4.69) is 6.92 Å². The van der Waals surface area contributed by atoms with Gasteiger partial charge in [-0.3, -0.25) is 4.79 Å². The molecule has 1 N–H and O–H groups in total. The highest BCUT2D eigenvalue weighted by Gasteiger charge is 2.20. The minimum Gasteiger partial charge on any atom is -0.465 e. The SMILES string of the molecule is CC[NH+]1CCN(C(=O)/C=C/c2ccco2)CC1. The molecule has 1 aliphatic rings. The molecule has 4 heteroatoms. The fraction of sp³-hybridized carbons (Fsp3) is 0.462. The first-order valence-electron chi connectivity index (χ1n) is 6.13. The Bertz CT molecular complexity index is 376. The lowest BCUT2D eigenvalue weighted by atomic mass is 10.3. The number of nitrogens with one attached hydrogen (secondary N) is 1. The summed E-state index contributed by atoms with van der Waals surface area (Å²) in [5, 5.41) is 0. The number of carbonyl (C=O) groups excluding carboxylic acids is 1. The highest BCUT2D eigenvalue weighted by molar-refractivity contribution is 5.91. The van der Waals surface area contributed by atoms with Crippen LogP contribution in [0.1, 0.15) is 12.7 Å². The molecule has 1 aromatic heterocycles. The van der Waals surface area contributed by atoms with Gasteiger partial charge in [0.2, 0.25) is 5.91 Å². The maximum atomic E-state index is 11.9. The van der Waals surface area contributed by atoms with Crippen LogP contribution in [-0.4, -0.2) is 43.5 Å². The van der Waals surface area contributed by atoms with E-state index >= 15 is 0 Å². The lowest BCUT2D eigenvalue weighted by Crippen LogP contribution is -3.14. The van der Waals surface area contributed by atoms with Gasteiger partial charge in [0.1, 0.15) is 5.76 Å². The van der Waals surface area contributed by atoms with E-state index in [0.29, 0.717) is 0 Å². The smallest absolute Gasteiger partial charge is 0.247 e. The van der Waals surface area contributed by atoms with Crippen LogP contribution >= 0.6 is 0 Å². The minimum absolute atomic E-state index is 0.0801. The highest BCUT2D eigenvalue weighted by Crippen LogP contribution is 2.03. The van der Waals surface area contributed by atoms with Gasteiger partial charge in [-0.1, -0.05) is 0 Å². The first-order chi connectivity index (χ1) is 8.29. The molecule has 4 nitrogen and oxygen atoms in total. The zero-order valence-electron chi connectivity index (χ0n) is 10.2. The Labute approximate surface area is 101 Å². The largest absolute Gasteiger partial charge is 0.465 e. The van der Waals surface area contributed by atoms with Crippen molar-refractivity contribution in [2.75, 3.05) is 32.7 Å². The van der Waals surface area contributed by atoms with Crippen LogP contribution in [0.4, 0.5) is 0 Å². The molecule has 1 aliphatic heterocycles. The molecule has 0 saturated carbocycles. The Balaban J connectivity index is 1.85. The van der Waals surface area contributed by atoms with Gasteiger partial charge >= 0.3 is 0 Å². The van der Waals surface area contributed by atoms with Gasteiger partial charge in [0, 0.05) is 6.08 Å². The van der Waals surface area contributed by atoms with E-state index in [4.69, 9.17) is 4.42 Å². The van der Waals surface area contributed by atoms with Gasteiger partial charge in [0.25, 0.3) is 0 Å². The van der Waals surface area contributed by atoms with Crippen molar-refractivity contribution in [2.24, 2.45) is 0 Å². The highest BCUT2D eigenvalue weighted by atomic mass is 16.3. The number of quaternary nitrogens is 1. The normalized spacial score (nSPS) is 17.8. The first kappa shape index (κ1) is 11.9. The third-order valence-corrected chi connectivity index (χ3v) is 3.22. The Morgan fingerprint density at radius 2 is 2.29 bits per heavy atom. The summed E-state index contributed by atoms with van der Waals surface area (Å²) in [5.41, 5.74) is 0. The zero-order chi connectivity index (χ0) is 12.1. The molecule has 2 heterocycles. The van der Waals surface area contributed by atoms with Crippen molar-refractivity contribution in [1.29, 1.82) is 0 Å². The number of furan rings is 1. The topological polar surface area (TPSA) is 37.9 Å². The van der Waals surface area contributed by atoms with Crippen LogP contribution in [0.25, 0.3) is 6.08 Å². The molecule has 0 aliphatic carbocycles. The maximum absolute atomic E-state index is 11.9. The lowest BCUT2D eigenvalue weighted by Gasteiger charge is -2.30. The molecule has 1 aromatic rings. The molecule has 0 aromatic carbocycles. The number of carbonyl (C=O) groups is 1. The molecule has 92 valence electrons. The van der Waals surface area contributed by atoms with E-state index < -0.39 is 0 Å². The van der Waals surface area contributed by atoms with Crippen LogP contribution in [0.15, 0.2) is 28.9 Å². The summed E-state index contributed by atoms with van der Waals surface area (Å²) in [7, 11) is 0. The van der Waals surface area contributed by atoms with Gasteiger partial charge in [0.15, 0.2) is 0 Å². The van der Waals surface area contributed by atoms with Crippen molar-refractivity contribution < 1.29 is 14.1 Å². The summed E-state index contributed by atoms with van der Waals surface area (Å²) in [4.78, 5) is 15.4. The number of likely N-dealkylation sites (N-methyl/N-ethyl adjacent to an activating group) is 1. The molecule has 0 radical (unpaired) electrons. The molecular formula is C13H19N2O2+. The van der Waals surface area contributed by atoms with E-state index in [1.54, 1.807) is 23.3 Å². The molecular weight excluding hydrogens is 216 g/mol. The summed E-state index contributed by atoms with van der Waals surface area (Å²) < 4.78 is 5.14. The van der Waals surface area contributed by atoms with Crippen molar-refractivity contribution >= 4 is 12.0 Å². The van der Waals surface area contributed by atoms with Crippen LogP contribution < -0.4 is 4.90 Å². The predicted octanol–water partition coefficient (Wildman–Crippen LogP) is 0.0398. The summed E-state index contributed by atoms with van der Waals surface area (Å²) in [5.74, 6) is 0.799. The van der Waals surface area contributed by atoms with Crippen LogP contribution in [0.2, 0.25) is 0 Å². The van der Waals surface area contributed by atoms with Gasteiger partial charge in [-0.2, -0.15) is 0 Å². The van der Waals surface area contributed by atoms with E-state index in [-0.39, 0.29) is 5.91 Å². The monoisotopic (exact) mass is 235 g/mol. The molecule has 0 atom stereocenters. The number of hydrogen-bond donors (Lipinski definition) is 1. The average molecular weight is 235 g/mol. The van der Waals surface area contributed by atoms with Crippen LogP contribution in [0.3, 0.4) is 0 Å². The van der Waals surface area contributed by atoms with Crippen molar-refractivity contribution in [3.8, 4) is 0 Å². The minimum atomic E-state index is 0.0801. The van der Waals surface area contributed by atoms with Gasteiger partial charge < -0.3 is 14.2 Å². The molecule has 2 rings (SSSR count). The van der Waals surface area contributed by atoms with Crippen LogP contribution in [0, 0.1) is 0 Å². The van der Waals surface area contributed by atoms with Crippen LogP contribution in [0.5, 0.6) is 0 Å². The molecule has 1 fully saturated rings. The quantitative estimate of drug-likeness (QED) is 0.751. The number of amides is 1. The molecule has 0 unspecified atom stereocenters. The molecule has 0 bridgehead atoms. The summed E-state index contributed by atoms with van der Waals surface area (Å²) in [6, 6.07) is 3.65. The Hall–Kier alpha value is -1.55. The first-order valence-corrected chi connectivity index (χ1v) is 6.13.